The Hall–Kier alpha value is -3.22. The Balaban J connectivity index is 1.50. The normalized spacial score (nSPS) is 19.4. The van der Waals surface area contributed by atoms with Crippen molar-refractivity contribution < 1.29 is 33.8 Å². The van der Waals surface area contributed by atoms with E-state index in [0.29, 0.717) is 43.3 Å². The highest BCUT2D eigenvalue weighted by Crippen LogP contribution is 2.41. The molecule has 13 heteroatoms. The van der Waals surface area contributed by atoms with E-state index in [2.05, 4.69) is 20.6 Å². The number of carbonyl (C=O) groups excluding carboxylic acids is 3. The Morgan fingerprint density at radius 1 is 1.35 bits per heavy atom. The second-order valence-electron chi connectivity index (χ2n) is 8.35. The van der Waals surface area contributed by atoms with Crippen LogP contribution in [0, 0.1) is 5.92 Å². The number of anilines is 1. The molecule has 1 aromatic rings. The zero-order valence-electron chi connectivity index (χ0n) is 19.3. The Morgan fingerprint density at radius 3 is 2.79 bits per heavy atom. The number of ether oxygens (including phenoxy) is 2. The number of nitrogens with zero attached hydrogens (tertiary/aromatic N) is 2. The van der Waals surface area contributed by atoms with Crippen molar-refractivity contribution in [3.8, 4) is 0 Å². The third-order valence-corrected chi connectivity index (χ3v) is 6.40. The number of aryl methyl sites for hydroxylation is 1. The SMILES string of the molecule is CC(=O)OCC1=C(C(=O)O)N2C(=O)C(Nc3ncc(CCCNC(=O)OCC(C)C)[nH]3)[C@@H]2SC1. The number of thioether (sulfide) groups is 1. The molecule has 2 aliphatic heterocycles. The van der Waals surface area contributed by atoms with Gasteiger partial charge in [-0.1, -0.05) is 13.8 Å². The summed E-state index contributed by atoms with van der Waals surface area (Å²) in [6, 6.07) is -0.633. The molecule has 1 aromatic heterocycles. The summed E-state index contributed by atoms with van der Waals surface area (Å²) in [6.07, 6.45) is 2.51. The van der Waals surface area contributed by atoms with Crippen LogP contribution in [-0.2, 0) is 30.3 Å². The number of imidazole rings is 1. The van der Waals surface area contributed by atoms with Crippen LogP contribution in [0.4, 0.5) is 10.7 Å². The minimum absolute atomic E-state index is 0.132. The summed E-state index contributed by atoms with van der Waals surface area (Å²) in [7, 11) is 0. The number of β-lactam (4-membered cyclic amide) rings is 1. The number of hydrogen-bond donors (Lipinski definition) is 4. The molecule has 0 spiro atoms. The summed E-state index contributed by atoms with van der Waals surface area (Å²) >= 11 is 1.39. The number of nitrogens with one attached hydrogen (secondary N) is 3. The van der Waals surface area contributed by atoms with Gasteiger partial charge >= 0.3 is 18.0 Å². The molecule has 0 aliphatic carbocycles. The number of fused-ring (bicyclic) bond motifs is 1. The lowest BCUT2D eigenvalue weighted by Gasteiger charge is -2.49. The van der Waals surface area contributed by atoms with Crippen molar-refractivity contribution in [3.63, 3.8) is 0 Å². The van der Waals surface area contributed by atoms with Crippen molar-refractivity contribution in [3.05, 3.63) is 23.2 Å². The van der Waals surface area contributed by atoms with Gasteiger partial charge in [0.25, 0.3) is 5.91 Å². The van der Waals surface area contributed by atoms with Crippen molar-refractivity contribution in [1.29, 1.82) is 0 Å². The molecule has 0 radical (unpaired) electrons. The maximum Gasteiger partial charge on any atom is 0.407 e. The molecule has 3 heterocycles. The lowest BCUT2D eigenvalue weighted by atomic mass is 10.0. The lowest BCUT2D eigenvalue weighted by Crippen LogP contribution is -2.67. The standard InChI is InChI=1S/C21H29N5O7S/c1-11(2)8-33-21(31)22-6-4-5-14-7-23-20(24-14)25-15-17(28)26-16(19(29)30)13(9-32-12(3)27)10-34-18(15)26/h7,11,15,18H,4-6,8-10H2,1-3H3,(H,22,31)(H,29,30)(H2,23,24,25)/t15?,18-/m0/s1. The fraction of sp³-hybridized carbons (Fsp3) is 0.571. The second kappa shape index (κ2) is 11.3. The van der Waals surface area contributed by atoms with Crippen molar-refractivity contribution >= 4 is 41.6 Å². The lowest BCUT2D eigenvalue weighted by molar-refractivity contribution is -0.147. The number of aliphatic carboxylic acids is 1. The second-order valence-corrected chi connectivity index (χ2v) is 9.45. The number of H-pyrrole nitrogens is 1. The summed E-state index contributed by atoms with van der Waals surface area (Å²) in [4.78, 5) is 55.7. The molecule has 2 amide bonds. The molecule has 4 N–H and O–H groups in total. The first-order chi connectivity index (χ1) is 16.2. The molecular weight excluding hydrogens is 466 g/mol. The van der Waals surface area contributed by atoms with Crippen molar-refractivity contribution in [2.45, 2.75) is 45.0 Å². The molecule has 3 rings (SSSR count). The minimum atomic E-state index is -1.23. The molecule has 0 saturated carbocycles. The third kappa shape index (κ3) is 6.22. The Labute approximate surface area is 200 Å². The Bertz CT molecular complexity index is 976. The zero-order valence-corrected chi connectivity index (χ0v) is 20.1. The summed E-state index contributed by atoms with van der Waals surface area (Å²) in [5, 5.41) is 14.9. The maximum absolute atomic E-state index is 12.7. The Kier molecular flexibility index (Phi) is 8.42. The predicted octanol–water partition coefficient (Wildman–Crippen LogP) is 1.32. The molecule has 1 saturated heterocycles. The average molecular weight is 496 g/mol. The van der Waals surface area contributed by atoms with E-state index >= 15 is 0 Å². The minimum Gasteiger partial charge on any atom is -0.477 e. The molecule has 34 heavy (non-hydrogen) atoms. The molecule has 186 valence electrons. The molecule has 1 fully saturated rings. The monoisotopic (exact) mass is 495 g/mol. The van der Waals surface area contributed by atoms with E-state index in [-0.39, 0.29) is 18.2 Å². The van der Waals surface area contributed by atoms with Crippen LogP contribution in [-0.4, -0.2) is 80.8 Å². The molecule has 12 nitrogen and oxygen atoms in total. The molecular formula is C21H29N5O7S. The number of rotatable bonds is 11. The van der Waals surface area contributed by atoms with Crippen molar-refractivity contribution in [1.82, 2.24) is 20.2 Å². The van der Waals surface area contributed by atoms with E-state index in [1.165, 1.54) is 23.6 Å². The van der Waals surface area contributed by atoms with Gasteiger partial charge in [0, 0.05) is 30.5 Å². The summed E-state index contributed by atoms with van der Waals surface area (Å²) in [6.45, 7) is 5.82. The van der Waals surface area contributed by atoms with Gasteiger partial charge in [-0.05, 0) is 18.8 Å². The van der Waals surface area contributed by atoms with Gasteiger partial charge in [0.15, 0.2) is 0 Å². The summed E-state index contributed by atoms with van der Waals surface area (Å²) in [5.74, 6) is -1.13. The van der Waals surface area contributed by atoms with Crippen LogP contribution in [0.2, 0.25) is 0 Å². The number of carboxylic acids is 1. The number of aromatic nitrogens is 2. The highest BCUT2D eigenvalue weighted by Gasteiger charge is 2.54. The van der Waals surface area contributed by atoms with Gasteiger partial charge in [-0.15, -0.1) is 11.8 Å². The van der Waals surface area contributed by atoms with E-state index in [0.717, 1.165) is 5.69 Å². The van der Waals surface area contributed by atoms with E-state index in [1.807, 2.05) is 13.8 Å². The van der Waals surface area contributed by atoms with Gasteiger partial charge in [-0.25, -0.2) is 14.6 Å². The van der Waals surface area contributed by atoms with Crippen LogP contribution < -0.4 is 10.6 Å². The number of hydrogen-bond acceptors (Lipinski definition) is 9. The summed E-state index contributed by atoms with van der Waals surface area (Å²) in [5.41, 5.74) is 1.08. The molecule has 0 bridgehead atoms. The maximum atomic E-state index is 12.7. The fourth-order valence-corrected chi connectivity index (χ4v) is 4.78. The first-order valence-electron chi connectivity index (χ1n) is 10.9. The largest absolute Gasteiger partial charge is 0.477 e. The number of carbonyl (C=O) groups is 4. The fourth-order valence-electron chi connectivity index (χ4n) is 3.45. The van der Waals surface area contributed by atoms with Gasteiger partial charge in [0.1, 0.15) is 23.7 Å². The third-order valence-electron chi connectivity index (χ3n) is 5.06. The number of esters is 1. The van der Waals surface area contributed by atoms with Gasteiger partial charge in [-0.2, -0.15) is 0 Å². The number of alkyl carbamates (subject to hydrolysis) is 1. The van der Waals surface area contributed by atoms with Crippen LogP contribution in [0.5, 0.6) is 0 Å². The first kappa shape index (κ1) is 25.4. The van der Waals surface area contributed by atoms with Crippen LogP contribution >= 0.6 is 11.8 Å². The highest BCUT2D eigenvalue weighted by molar-refractivity contribution is 8.00. The van der Waals surface area contributed by atoms with Crippen molar-refractivity contribution in [2.24, 2.45) is 5.92 Å². The van der Waals surface area contributed by atoms with Gasteiger partial charge in [0.2, 0.25) is 5.95 Å². The molecule has 2 atom stereocenters. The molecule has 2 aliphatic rings. The van der Waals surface area contributed by atoms with Crippen LogP contribution in [0.3, 0.4) is 0 Å². The predicted molar refractivity (Wildman–Crippen MR) is 123 cm³/mol. The summed E-state index contributed by atoms with van der Waals surface area (Å²) < 4.78 is 9.98. The van der Waals surface area contributed by atoms with E-state index < -0.39 is 35.4 Å². The highest BCUT2D eigenvalue weighted by atomic mass is 32.2. The van der Waals surface area contributed by atoms with Crippen molar-refractivity contribution in [2.75, 3.05) is 30.8 Å². The van der Waals surface area contributed by atoms with E-state index in [1.54, 1.807) is 6.20 Å². The number of carboxylic acid groups (broad SMARTS) is 1. The van der Waals surface area contributed by atoms with Crippen LogP contribution in [0.1, 0.15) is 32.9 Å². The van der Waals surface area contributed by atoms with Gasteiger partial charge < -0.3 is 30.2 Å². The van der Waals surface area contributed by atoms with Gasteiger partial charge in [0.05, 0.1) is 12.8 Å². The van der Waals surface area contributed by atoms with E-state index in [4.69, 9.17) is 9.47 Å². The molecule has 0 aromatic carbocycles. The quantitative estimate of drug-likeness (QED) is 0.200. The molecule has 1 unspecified atom stereocenters. The van der Waals surface area contributed by atoms with Crippen LogP contribution in [0.25, 0.3) is 0 Å². The van der Waals surface area contributed by atoms with E-state index in [9.17, 15) is 24.3 Å². The van der Waals surface area contributed by atoms with Gasteiger partial charge in [-0.3, -0.25) is 14.5 Å². The number of aromatic amines is 1. The zero-order chi connectivity index (χ0) is 24.8. The average Bonchev–Trinajstić information content (AvgIpc) is 3.24. The van der Waals surface area contributed by atoms with Crippen LogP contribution in [0.15, 0.2) is 17.5 Å². The topological polar surface area (TPSA) is 163 Å². The Morgan fingerprint density at radius 2 is 2.12 bits per heavy atom. The first-order valence-corrected chi connectivity index (χ1v) is 12.0. The number of amides is 2. The smallest absolute Gasteiger partial charge is 0.407 e.